The average Bonchev–Trinajstić information content (AvgIpc) is 3.14. The number of carbonyl (C=O) groups excluding carboxylic acids is 1. The quantitative estimate of drug-likeness (QED) is 0.361. The van der Waals surface area contributed by atoms with Crippen LogP contribution in [0.5, 0.6) is 0 Å². The molecule has 7 nitrogen and oxygen atoms in total. The number of ether oxygens (including phenoxy) is 1. The van der Waals surface area contributed by atoms with Crippen LogP contribution in [0.2, 0.25) is 0 Å². The van der Waals surface area contributed by atoms with Crippen LogP contribution in [0.25, 0.3) is 21.9 Å². The molecular weight excluding hydrogens is 390 g/mol. The summed E-state index contributed by atoms with van der Waals surface area (Å²) in [6.45, 7) is 4.25. The highest BCUT2D eigenvalue weighted by molar-refractivity contribution is 6.08. The molecular formula is C24H35N5O2. The van der Waals surface area contributed by atoms with E-state index in [0.29, 0.717) is 5.56 Å². The average molecular weight is 426 g/mol. The van der Waals surface area contributed by atoms with Crippen molar-refractivity contribution < 1.29 is 9.53 Å². The van der Waals surface area contributed by atoms with Crippen molar-refractivity contribution in [2.75, 3.05) is 40.1 Å². The van der Waals surface area contributed by atoms with E-state index >= 15 is 0 Å². The van der Waals surface area contributed by atoms with Crippen molar-refractivity contribution in [3.05, 3.63) is 29.6 Å². The van der Waals surface area contributed by atoms with Gasteiger partial charge >= 0.3 is 5.97 Å². The SMILES string of the molecule is CCCCc1nc2c(NC)nc3cc(C(=O)OC)ccc3c2n1CCCCCN(C)C. The van der Waals surface area contributed by atoms with E-state index in [4.69, 9.17) is 14.7 Å². The molecule has 2 heterocycles. The predicted octanol–water partition coefficient (Wildman–Crippen LogP) is 4.49. The molecule has 168 valence electrons. The molecule has 0 spiro atoms. The summed E-state index contributed by atoms with van der Waals surface area (Å²) in [7, 11) is 7.50. The number of rotatable bonds is 11. The molecule has 0 radical (unpaired) electrons. The fourth-order valence-electron chi connectivity index (χ4n) is 4.00. The molecule has 1 aromatic carbocycles. The lowest BCUT2D eigenvalue weighted by atomic mass is 10.1. The Hall–Kier alpha value is -2.67. The van der Waals surface area contributed by atoms with Crippen LogP contribution in [0.3, 0.4) is 0 Å². The Bertz CT molecular complexity index is 1040. The van der Waals surface area contributed by atoms with Gasteiger partial charge in [-0.1, -0.05) is 19.8 Å². The molecule has 0 atom stereocenters. The number of anilines is 1. The lowest BCUT2D eigenvalue weighted by Crippen LogP contribution is -2.13. The second-order valence-corrected chi connectivity index (χ2v) is 8.28. The normalized spacial score (nSPS) is 11.5. The summed E-state index contributed by atoms with van der Waals surface area (Å²) in [4.78, 5) is 24.0. The van der Waals surface area contributed by atoms with E-state index in [1.165, 1.54) is 20.0 Å². The van der Waals surface area contributed by atoms with Crippen LogP contribution < -0.4 is 5.32 Å². The number of imidazole rings is 1. The maximum absolute atomic E-state index is 12.0. The Balaban J connectivity index is 2.08. The number of hydrogen-bond acceptors (Lipinski definition) is 6. The highest BCUT2D eigenvalue weighted by Crippen LogP contribution is 2.31. The molecule has 0 saturated carbocycles. The van der Waals surface area contributed by atoms with Gasteiger partial charge in [0.1, 0.15) is 11.3 Å². The van der Waals surface area contributed by atoms with Crippen molar-refractivity contribution in [2.45, 2.75) is 52.0 Å². The zero-order valence-electron chi connectivity index (χ0n) is 19.5. The molecule has 0 saturated heterocycles. The van der Waals surface area contributed by atoms with Crippen molar-refractivity contribution in [3.8, 4) is 0 Å². The van der Waals surface area contributed by atoms with Gasteiger partial charge in [-0.05, 0) is 58.1 Å². The fraction of sp³-hybridized carbons (Fsp3) is 0.542. The number of benzene rings is 1. The number of methoxy groups -OCH3 is 1. The molecule has 0 aliphatic heterocycles. The number of esters is 1. The number of carbonyl (C=O) groups is 1. The van der Waals surface area contributed by atoms with Gasteiger partial charge in [-0.3, -0.25) is 0 Å². The van der Waals surface area contributed by atoms with Gasteiger partial charge in [-0.25, -0.2) is 14.8 Å². The van der Waals surface area contributed by atoms with E-state index in [2.05, 4.69) is 35.8 Å². The number of nitrogens with one attached hydrogen (secondary N) is 1. The lowest BCUT2D eigenvalue weighted by molar-refractivity contribution is 0.0601. The van der Waals surface area contributed by atoms with E-state index in [1.54, 1.807) is 0 Å². The second-order valence-electron chi connectivity index (χ2n) is 8.28. The summed E-state index contributed by atoms with van der Waals surface area (Å²) >= 11 is 0. The van der Waals surface area contributed by atoms with Crippen LogP contribution >= 0.6 is 0 Å². The maximum Gasteiger partial charge on any atom is 0.337 e. The minimum Gasteiger partial charge on any atom is -0.465 e. The van der Waals surface area contributed by atoms with Crippen molar-refractivity contribution in [1.82, 2.24) is 19.4 Å². The summed E-state index contributed by atoms with van der Waals surface area (Å²) in [5, 5.41) is 4.22. The summed E-state index contributed by atoms with van der Waals surface area (Å²) in [6, 6.07) is 5.60. The summed E-state index contributed by atoms with van der Waals surface area (Å²) in [5.41, 5.74) is 3.28. The van der Waals surface area contributed by atoms with E-state index in [0.717, 1.165) is 72.4 Å². The van der Waals surface area contributed by atoms with Gasteiger partial charge in [-0.15, -0.1) is 0 Å². The topological polar surface area (TPSA) is 72.3 Å². The van der Waals surface area contributed by atoms with Gasteiger partial charge in [0.2, 0.25) is 0 Å². The lowest BCUT2D eigenvalue weighted by Gasteiger charge is -2.13. The highest BCUT2D eigenvalue weighted by atomic mass is 16.5. The largest absolute Gasteiger partial charge is 0.465 e. The molecule has 2 aromatic heterocycles. The molecule has 0 aliphatic carbocycles. The zero-order chi connectivity index (χ0) is 22.4. The number of nitrogens with zero attached hydrogens (tertiary/aromatic N) is 4. The Morgan fingerprint density at radius 3 is 2.65 bits per heavy atom. The van der Waals surface area contributed by atoms with Crippen molar-refractivity contribution >= 4 is 33.7 Å². The van der Waals surface area contributed by atoms with Gasteiger partial charge in [-0.2, -0.15) is 0 Å². The van der Waals surface area contributed by atoms with Gasteiger partial charge in [0.05, 0.1) is 23.7 Å². The smallest absolute Gasteiger partial charge is 0.337 e. The number of hydrogen-bond donors (Lipinski definition) is 1. The highest BCUT2D eigenvalue weighted by Gasteiger charge is 2.19. The first-order valence-electron chi connectivity index (χ1n) is 11.2. The van der Waals surface area contributed by atoms with Gasteiger partial charge in [0, 0.05) is 25.4 Å². The second kappa shape index (κ2) is 10.6. The van der Waals surface area contributed by atoms with Crippen molar-refractivity contribution in [2.24, 2.45) is 0 Å². The van der Waals surface area contributed by atoms with Crippen LogP contribution in [0.4, 0.5) is 5.82 Å². The van der Waals surface area contributed by atoms with Gasteiger partial charge in [0.15, 0.2) is 5.82 Å². The molecule has 0 bridgehead atoms. The van der Waals surface area contributed by atoms with Crippen LogP contribution in [-0.2, 0) is 17.7 Å². The van der Waals surface area contributed by atoms with Crippen LogP contribution in [0.1, 0.15) is 55.2 Å². The monoisotopic (exact) mass is 425 g/mol. The first kappa shape index (κ1) is 23.0. The third kappa shape index (κ3) is 5.15. The maximum atomic E-state index is 12.0. The summed E-state index contributed by atoms with van der Waals surface area (Å²) < 4.78 is 7.27. The summed E-state index contributed by atoms with van der Waals surface area (Å²) in [6.07, 6.45) is 6.67. The van der Waals surface area contributed by atoms with Crippen LogP contribution in [0.15, 0.2) is 18.2 Å². The van der Waals surface area contributed by atoms with Crippen molar-refractivity contribution in [3.63, 3.8) is 0 Å². The zero-order valence-corrected chi connectivity index (χ0v) is 19.5. The Morgan fingerprint density at radius 2 is 1.97 bits per heavy atom. The van der Waals surface area contributed by atoms with E-state index < -0.39 is 0 Å². The predicted molar refractivity (Wildman–Crippen MR) is 127 cm³/mol. The number of pyridine rings is 1. The molecule has 1 N–H and O–H groups in total. The molecule has 3 aromatic rings. The van der Waals surface area contributed by atoms with Crippen molar-refractivity contribution in [1.29, 1.82) is 0 Å². The third-order valence-electron chi connectivity index (χ3n) is 5.65. The number of aromatic nitrogens is 3. The van der Waals surface area contributed by atoms with E-state index in [-0.39, 0.29) is 5.97 Å². The molecule has 0 amide bonds. The number of unbranched alkanes of at least 4 members (excludes halogenated alkanes) is 3. The molecule has 7 heteroatoms. The van der Waals surface area contributed by atoms with Crippen LogP contribution in [0, 0.1) is 0 Å². The van der Waals surface area contributed by atoms with Gasteiger partial charge < -0.3 is 19.5 Å². The Labute approximate surface area is 184 Å². The minimum atomic E-state index is -0.354. The molecule has 31 heavy (non-hydrogen) atoms. The third-order valence-corrected chi connectivity index (χ3v) is 5.65. The molecule has 0 unspecified atom stereocenters. The van der Waals surface area contributed by atoms with E-state index in [9.17, 15) is 4.79 Å². The Morgan fingerprint density at radius 1 is 1.16 bits per heavy atom. The first-order chi connectivity index (χ1) is 15.0. The number of fused-ring (bicyclic) bond motifs is 3. The van der Waals surface area contributed by atoms with Crippen LogP contribution in [-0.4, -0.2) is 60.2 Å². The Kier molecular flexibility index (Phi) is 7.85. The fourth-order valence-corrected chi connectivity index (χ4v) is 4.00. The summed E-state index contributed by atoms with van der Waals surface area (Å²) in [5.74, 6) is 1.51. The van der Waals surface area contributed by atoms with Gasteiger partial charge in [0.25, 0.3) is 0 Å². The molecule has 0 aliphatic rings. The molecule has 0 fully saturated rings. The number of aryl methyl sites for hydroxylation is 2. The standard InChI is InChI=1S/C24H35N5O2/c1-6-7-11-20-27-21-22(29(20)15-10-8-9-14-28(3)4)18-13-12-17(24(30)31-5)16-19(18)26-23(21)25-2/h12-13,16H,6-11,14-15H2,1-5H3,(H,25,26). The minimum absolute atomic E-state index is 0.354. The molecule has 3 rings (SSSR count). The first-order valence-corrected chi connectivity index (χ1v) is 11.2. The van der Waals surface area contributed by atoms with E-state index in [1.807, 2.05) is 25.2 Å².